The topological polar surface area (TPSA) is 0 Å². The molecule has 0 saturated carbocycles. The highest BCUT2D eigenvalue weighted by Crippen LogP contribution is 2.32. The van der Waals surface area contributed by atoms with E-state index in [4.69, 9.17) is 11.6 Å². The lowest BCUT2D eigenvalue weighted by atomic mass is 9.87. The van der Waals surface area contributed by atoms with Gasteiger partial charge in [0.1, 0.15) is 0 Å². The van der Waals surface area contributed by atoms with Crippen LogP contribution in [0.5, 0.6) is 0 Å². The summed E-state index contributed by atoms with van der Waals surface area (Å²) in [7, 11) is 0. The lowest BCUT2D eigenvalue weighted by Gasteiger charge is -2.28. The number of halogens is 1. The van der Waals surface area contributed by atoms with Crippen LogP contribution in [-0.2, 0) is 12.8 Å². The average molecular weight is 385 g/mol. The molecule has 0 nitrogen and oxygen atoms in total. The zero-order valence-electron chi connectivity index (χ0n) is 17.1. The molecule has 0 spiro atoms. The van der Waals surface area contributed by atoms with Crippen molar-refractivity contribution in [1.29, 1.82) is 0 Å². The van der Waals surface area contributed by atoms with Crippen molar-refractivity contribution in [2.45, 2.75) is 88.8 Å². The van der Waals surface area contributed by atoms with Gasteiger partial charge < -0.3 is 0 Å². The molecule has 2 aromatic rings. The van der Waals surface area contributed by atoms with E-state index in [2.05, 4.69) is 67.6 Å². The number of hydrogen-bond acceptors (Lipinski definition) is 0. The fourth-order valence-corrected chi connectivity index (χ4v) is 4.36. The molecule has 0 N–H and O–H groups in total. The first-order valence-corrected chi connectivity index (χ1v) is 11.4. The molecule has 27 heavy (non-hydrogen) atoms. The molecule has 148 valence electrons. The van der Waals surface area contributed by atoms with Gasteiger partial charge in [0.15, 0.2) is 0 Å². The molecule has 0 aliphatic heterocycles. The molecule has 2 rings (SSSR count). The van der Waals surface area contributed by atoms with Crippen LogP contribution in [0.2, 0.25) is 0 Å². The van der Waals surface area contributed by atoms with Crippen LogP contribution < -0.4 is 0 Å². The van der Waals surface area contributed by atoms with Gasteiger partial charge in [-0.2, -0.15) is 0 Å². The van der Waals surface area contributed by atoms with E-state index in [-0.39, 0.29) is 4.87 Å². The third-order valence-corrected chi connectivity index (χ3v) is 5.91. The minimum absolute atomic E-state index is 0.177. The molecule has 0 aromatic heterocycles. The van der Waals surface area contributed by atoms with Crippen molar-refractivity contribution in [2.24, 2.45) is 0 Å². The highest BCUT2D eigenvalue weighted by Gasteiger charge is 2.27. The summed E-state index contributed by atoms with van der Waals surface area (Å²) in [5.41, 5.74) is 2.69. The van der Waals surface area contributed by atoms with Crippen molar-refractivity contribution in [3.8, 4) is 0 Å². The highest BCUT2D eigenvalue weighted by atomic mass is 35.5. The number of hydrogen-bond donors (Lipinski definition) is 0. The molecule has 0 atom stereocenters. The van der Waals surface area contributed by atoms with Crippen LogP contribution in [-0.4, -0.2) is 4.87 Å². The van der Waals surface area contributed by atoms with Gasteiger partial charge in [-0.1, -0.05) is 125 Å². The lowest BCUT2D eigenvalue weighted by Crippen LogP contribution is -2.27. The summed E-state index contributed by atoms with van der Waals surface area (Å²) in [6.07, 6.45) is 15.2. The minimum Gasteiger partial charge on any atom is -0.119 e. The fraction of sp³-hybridized carbons (Fsp3) is 0.538. The van der Waals surface area contributed by atoms with E-state index in [0.717, 1.165) is 19.3 Å². The van der Waals surface area contributed by atoms with Crippen LogP contribution in [0.1, 0.15) is 82.3 Å². The van der Waals surface area contributed by atoms with E-state index in [9.17, 15) is 0 Å². The average Bonchev–Trinajstić information content (AvgIpc) is 2.68. The Hall–Kier alpha value is -1.27. The lowest BCUT2D eigenvalue weighted by molar-refractivity contribution is 0.474. The van der Waals surface area contributed by atoms with Crippen LogP contribution in [0, 0.1) is 0 Å². The van der Waals surface area contributed by atoms with Crippen LogP contribution in [0.25, 0.3) is 0 Å². The van der Waals surface area contributed by atoms with Crippen molar-refractivity contribution < 1.29 is 0 Å². The Kier molecular flexibility index (Phi) is 10.6. The first-order chi connectivity index (χ1) is 13.2. The van der Waals surface area contributed by atoms with E-state index < -0.39 is 0 Å². The SMILES string of the molecule is CCCCCCCCCCCC(Cl)(Cc1ccccc1)Cc1ccccc1. The van der Waals surface area contributed by atoms with Crippen molar-refractivity contribution in [1.82, 2.24) is 0 Å². The fourth-order valence-electron chi connectivity index (χ4n) is 3.92. The molecule has 0 unspecified atom stereocenters. The van der Waals surface area contributed by atoms with Gasteiger partial charge in [0.2, 0.25) is 0 Å². The third-order valence-electron chi connectivity index (χ3n) is 5.46. The molecular weight excluding hydrogens is 348 g/mol. The summed E-state index contributed by atoms with van der Waals surface area (Å²) in [5, 5.41) is 0. The molecule has 0 amide bonds. The Morgan fingerprint density at radius 2 is 1.00 bits per heavy atom. The van der Waals surface area contributed by atoms with E-state index in [1.54, 1.807) is 0 Å². The predicted molar refractivity (Wildman–Crippen MR) is 121 cm³/mol. The predicted octanol–water partition coefficient (Wildman–Crippen LogP) is 8.37. The van der Waals surface area contributed by atoms with E-state index in [0.29, 0.717) is 0 Å². The Balaban J connectivity index is 1.79. The minimum atomic E-state index is -0.177. The van der Waals surface area contributed by atoms with Gasteiger partial charge in [-0.25, -0.2) is 0 Å². The molecule has 0 fully saturated rings. The summed E-state index contributed by atoms with van der Waals surface area (Å²) in [6.45, 7) is 2.28. The second kappa shape index (κ2) is 13.0. The van der Waals surface area contributed by atoms with Crippen molar-refractivity contribution in [3.05, 3.63) is 71.8 Å². The Bertz CT molecular complexity index is 549. The van der Waals surface area contributed by atoms with Crippen molar-refractivity contribution >= 4 is 11.6 Å². The maximum atomic E-state index is 7.21. The number of rotatable bonds is 14. The van der Waals surface area contributed by atoms with E-state index in [1.165, 1.54) is 68.9 Å². The van der Waals surface area contributed by atoms with Crippen LogP contribution >= 0.6 is 11.6 Å². The summed E-state index contributed by atoms with van der Waals surface area (Å²) < 4.78 is 0. The van der Waals surface area contributed by atoms with Gasteiger partial charge in [0.25, 0.3) is 0 Å². The molecule has 0 heterocycles. The van der Waals surface area contributed by atoms with Crippen molar-refractivity contribution in [2.75, 3.05) is 0 Å². The standard InChI is InChI=1S/C26H37Cl/c1-2-3-4-5-6-7-8-9-16-21-26(27,22-24-17-12-10-13-18-24)23-25-19-14-11-15-20-25/h10-15,17-20H,2-9,16,21-23H2,1H3. The quantitative estimate of drug-likeness (QED) is 0.226. The zero-order chi connectivity index (χ0) is 19.2. The van der Waals surface area contributed by atoms with Gasteiger partial charge in [0, 0.05) is 0 Å². The monoisotopic (exact) mass is 384 g/mol. The molecular formula is C26H37Cl. The molecule has 0 aliphatic carbocycles. The maximum Gasteiger partial charge on any atom is 0.0527 e. The summed E-state index contributed by atoms with van der Waals surface area (Å²) in [6, 6.07) is 21.5. The van der Waals surface area contributed by atoms with Crippen molar-refractivity contribution in [3.63, 3.8) is 0 Å². The van der Waals surface area contributed by atoms with E-state index >= 15 is 0 Å². The Morgan fingerprint density at radius 1 is 0.593 bits per heavy atom. The second-order valence-electron chi connectivity index (χ2n) is 8.05. The number of benzene rings is 2. The van der Waals surface area contributed by atoms with Crippen LogP contribution in [0.3, 0.4) is 0 Å². The van der Waals surface area contributed by atoms with Gasteiger partial charge in [-0.15, -0.1) is 11.6 Å². The first kappa shape index (κ1) is 22.0. The summed E-state index contributed by atoms with van der Waals surface area (Å²) in [5.74, 6) is 0. The zero-order valence-corrected chi connectivity index (χ0v) is 17.9. The molecule has 0 radical (unpaired) electrons. The maximum absolute atomic E-state index is 7.21. The van der Waals surface area contributed by atoms with Gasteiger partial charge in [0.05, 0.1) is 4.87 Å². The van der Waals surface area contributed by atoms with Gasteiger partial charge in [-0.3, -0.25) is 0 Å². The normalized spacial score (nSPS) is 11.6. The largest absolute Gasteiger partial charge is 0.119 e. The summed E-state index contributed by atoms with van der Waals surface area (Å²) >= 11 is 7.21. The number of alkyl halides is 1. The van der Waals surface area contributed by atoms with Gasteiger partial charge >= 0.3 is 0 Å². The Morgan fingerprint density at radius 3 is 1.44 bits per heavy atom. The number of unbranched alkanes of at least 4 members (excludes halogenated alkanes) is 8. The molecule has 0 bridgehead atoms. The second-order valence-corrected chi connectivity index (χ2v) is 8.86. The van der Waals surface area contributed by atoms with Crippen LogP contribution in [0.15, 0.2) is 60.7 Å². The first-order valence-electron chi connectivity index (χ1n) is 11.0. The van der Waals surface area contributed by atoms with Gasteiger partial charge in [-0.05, 0) is 30.4 Å². The smallest absolute Gasteiger partial charge is 0.0527 e. The molecule has 0 saturated heterocycles. The molecule has 2 aromatic carbocycles. The van der Waals surface area contributed by atoms with E-state index in [1.807, 2.05) is 0 Å². The van der Waals surface area contributed by atoms with Crippen LogP contribution in [0.4, 0.5) is 0 Å². The molecule has 1 heteroatoms. The summed E-state index contributed by atoms with van der Waals surface area (Å²) in [4.78, 5) is -0.177. The molecule has 0 aliphatic rings. The third kappa shape index (κ3) is 9.47. The Labute approximate surface area is 172 Å². The highest BCUT2D eigenvalue weighted by molar-refractivity contribution is 6.24.